The first-order chi connectivity index (χ1) is 11.5. The van der Waals surface area contributed by atoms with Crippen molar-refractivity contribution in [3.8, 4) is 23.0 Å². The molecule has 2 heteroatoms. The normalized spacial score (nSPS) is 10.5. The van der Waals surface area contributed by atoms with Crippen LogP contribution in [0.3, 0.4) is 0 Å². The van der Waals surface area contributed by atoms with Crippen molar-refractivity contribution < 1.29 is 9.47 Å². The second-order valence-electron chi connectivity index (χ2n) is 6.07. The molecule has 0 N–H and O–H groups in total. The zero-order chi connectivity index (χ0) is 17.1. The summed E-state index contributed by atoms with van der Waals surface area (Å²) in [4.78, 5) is 0. The minimum atomic E-state index is 0.803. The lowest BCUT2D eigenvalue weighted by atomic mass is 10.1. The largest absolute Gasteiger partial charge is 0.457 e. The number of benzene rings is 3. The maximum Gasteiger partial charge on any atom is 0.130 e. The van der Waals surface area contributed by atoms with E-state index in [0.29, 0.717) is 0 Å². The fourth-order valence-electron chi connectivity index (χ4n) is 2.50. The topological polar surface area (TPSA) is 18.5 Å². The van der Waals surface area contributed by atoms with Crippen LogP contribution in [0, 0.1) is 27.7 Å². The third-order valence-corrected chi connectivity index (χ3v) is 4.39. The molecule has 0 amide bonds. The number of hydrogen-bond donors (Lipinski definition) is 0. The molecular weight excluding hydrogens is 296 g/mol. The van der Waals surface area contributed by atoms with Gasteiger partial charge >= 0.3 is 0 Å². The molecule has 0 radical (unpaired) electrons. The van der Waals surface area contributed by atoms with E-state index in [9.17, 15) is 0 Å². The van der Waals surface area contributed by atoms with Gasteiger partial charge in [0.05, 0.1) is 0 Å². The summed E-state index contributed by atoms with van der Waals surface area (Å²) in [5.74, 6) is 3.38. The highest BCUT2D eigenvalue weighted by atomic mass is 16.5. The lowest BCUT2D eigenvalue weighted by Crippen LogP contribution is -1.91. The lowest BCUT2D eigenvalue weighted by molar-refractivity contribution is 0.465. The maximum absolute atomic E-state index is 5.98. The van der Waals surface area contributed by atoms with Crippen LogP contribution in [0.15, 0.2) is 60.7 Å². The Balaban J connectivity index is 1.76. The molecular formula is C22H22O2. The highest BCUT2D eigenvalue weighted by molar-refractivity contribution is 5.44. The van der Waals surface area contributed by atoms with Crippen LogP contribution >= 0.6 is 0 Å². The molecule has 0 saturated carbocycles. The Bertz CT molecular complexity index is 776. The second-order valence-corrected chi connectivity index (χ2v) is 6.07. The summed E-state index contributed by atoms with van der Waals surface area (Å²) in [5, 5.41) is 0. The fourth-order valence-corrected chi connectivity index (χ4v) is 2.50. The molecule has 0 unspecified atom stereocenters. The van der Waals surface area contributed by atoms with E-state index in [1.54, 1.807) is 0 Å². The summed E-state index contributed by atoms with van der Waals surface area (Å²) in [6.07, 6.45) is 0. The molecule has 0 aliphatic rings. The zero-order valence-corrected chi connectivity index (χ0v) is 14.6. The first-order valence-electron chi connectivity index (χ1n) is 8.13. The number of aryl methyl sites for hydroxylation is 2. The van der Waals surface area contributed by atoms with E-state index in [4.69, 9.17) is 9.47 Å². The van der Waals surface area contributed by atoms with Crippen molar-refractivity contribution in [2.75, 3.05) is 0 Å². The van der Waals surface area contributed by atoms with Crippen molar-refractivity contribution >= 4 is 0 Å². The zero-order valence-electron chi connectivity index (χ0n) is 14.6. The van der Waals surface area contributed by atoms with E-state index < -0.39 is 0 Å². The van der Waals surface area contributed by atoms with Gasteiger partial charge in [0, 0.05) is 0 Å². The van der Waals surface area contributed by atoms with Crippen molar-refractivity contribution in [3.05, 3.63) is 82.9 Å². The van der Waals surface area contributed by atoms with Crippen LogP contribution in [0.2, 0.25) is 0 Å². The third-order valence-electron chi connectivity index (χ3n) is 4.39. The molecule has 122 valence electrons. The summed E-state index contributed by atoms with van der Waals surface area (Å²) in [6.45, 7) is 8.32. The molecule has 0 bridgehead atoms. The summed E-state index contributed by atoms with van der Waals surface area (Å²) >= 11 is 0. The van der Waals surface area contributed by atoms with E-state index in [2.05, 4.69) is 39.8 Å². The molecule has 3 aromatic rings. The smallest absolute Gasteiger partial charge is 0.130 e. The lowest BCUT2D eigenvalue weighted by Gasteiger charge is -2.12. The van der Waals surface area contributed by atoms with Crippen LogP contribution in [0.25, 0.3) is 0 Å². The van der Waals surface area contributed by atoms with Gasteiger partial charge in [-0.3, -0.25) is 0 Å². The Morgan fingerprint density at radius 1 is 0.500 bits per heavy atom. The Morgan fingerprint density at radius 3 is 1.25 bits per heavy atom. The molecule has 0 fully saturated rings. The van der Waals surface area contributed by atoms with Gasteiger partial charge < -0.3 is 9.47 Å². The molecule has 0 aliphatic carbocycles. The van der Waals surface area contributed by atoms with Crippen LogP contribution in [0.4, 0.5) is 0 Å². The molecule has 0 spiro atoms. The second kappa shape index (κ2) is 6.79. The molecule has 0 atom stereocenters. The number of hydrogen-bond acceptors (Lipinski definition) is 2. The predicted octanol–water partition coefficient (Wildman–Crippen LogP) is 6.50. The summed E-state index contributed by atoms with van der Waals surface area (Å²) in [7, 11) is 0. The number of rotatable bonds is 4. The molecule has 0 aliphatic heterocycles. The van der Waals surface area contributed by atoms with Gasteiger partial charge in [0.1, 0.15) is 23.0 Å². The van der Waals surface area contributed by atoms with Crippen LogP contribution < -0.4 is 9.47 Å². The summed E-state index contributed by atoms with van der Waals surface area (Å²) < 4.78 is 12.0. The quantitative estimate of drug-likeness (QED) is 0.546. The van der Waals surface area contributed by atoms with Gasteiger partial charge in [-0.15, -0.1) is 0 Å². The Labute approximate surface area is 143 Å². The van der Waals surface area contributed by atoms with Crippen LogP contribution in [-0.2, 0) is 0 Å². The SMILES string of the molecule is Cc1cccc(Oc2ccc(Oc3cccc(C)c3C)cc2)c1C. The van der Waals surface area contributed by atoms with E-state index >= 15 is 0 Å². The van der Waals surface area contributed by atoms with Crippen LogP contribution in [0.5, 0.6) is 23.0 Å². The van der Waals surface area contributed by atoms with E-state index in [-0.39, 0.29) is 0 Å². The monoisotopic (exact) mass is 318 g/mol. The minimum absolute atomic E-state index is 0.803. The Hall–Kier alpha value is -2.74. The average molecular weight is 318 g/mol. The molecule has 24 heavy (non-hydrogen) atoms. The Kier molecular flexibility index (Phi) is 4.57. The van der Waals surface area contributed by atoms with Gasteiger partial charge in [0.25, 0.3) is 0 Å². The molecule has 3 aromatic carbocycles. The number of ether oxygens (including phenoxy) is 2. The van der Waals surface area contributed by atoms with E-state index in [1.807, 2.05) is 48.5 Å². The first-order valence-corrected chi connectivity index (χ1v) is 8.13. The summed E-state index contributed by atoms with van der Waals surface area (Å²) in [5.41, 5.74) is 4.77. The standard InChI is InChI=1S/C22H22O2/c1-15-7-5-9-21(17(15)3)23-19-11-13-20(14-12-19)24-22-10-6-8-16(2)18(22)4/h5-14H,1-4H3. The molecule has 0 saturated heterocycles. The van der Waals surface area contributed by atoms with Gasteiger partial charge in [-0.2, -0.15) is 0 Å². The van der Waals surface area contributed by atoms with Crippen molar-refractivity contribution in [3.63, 3.8) is 0 Å². The van der Waals surface area contributed by atoms with Crippen molar-refractivity contribution in [2.45, 2.75) is 27.7 Å². The fraction of sp³-hybridized carbons (Fsp3) is 0.182. The van der Waals surface area contributed by atoms with Gasteiger partial charge in [0.2, 0.25) is 0 Å². The van der Waals surface area contributed by atoms with Gasteiger partial charge in [-0.05, 0) is 86.3 Å². The van der Waals surface area contributed by atoms with Crippen molar-refractivity contribution in [1.82, 2.24) is 0 Å². The first kappa shape index (κ1) is 16.1. The van der Waals surface area contributed by atoms with Crippen molar-refractivity contribution in [2.24, 2.45) is 0 Å². The van der Waals surface area contributed by atoms with Crippen LogP contribution in [0.1, 0.15) is 22.3 Å². The third kappa shape index (κ3) is 3.43. The van der Waals surface area contributed by atoms with Crippen molar-refractivity contribution in [1.29, 1.82) is 0 Å². The maximum atomic E-state index is 5.98. The summed E-state index contributed by atoms with van der Waals surface area (Å²) in [6, 6.07) is 19.9. The molecule has 2 nitrogen and oxygen atoms in total. The molecule has 0 aromatic heterocycles. The average Bonchev–Trinajstić information content (AvgIpc) is 2.58. The van der Waals surface area contributed by atoms with E-state index in [1.165, 1.54) is 11.1 Å². The molecule has 3 rings (SSSR count). The van der Waals surface area contributed by atoms with Crippen LogP contribution in [-0.4, -0.2) is 0 Å². The van der Waals surface area contributed by atoms with Gasteiger partial charge in [-0.25, -0.2) is 0 Å². The Morgan fingerprint density at radius 2 is 0.875 bits per heavy atom. The predicted molar refractivity (Wildman–Crippen MR) is 98.4 cm³/mol. The van der Waals surface area contributed by atoms with Gasteiger partial charge in [-0.1, -0.05) is 24.3 Å². The minimum Gasteiger partial charge on any atom is -0.457 e. The highest BCUT2D eigenvalue weighted by Gasteiger charge is 2.06. The van der Waals surface area contributed by atoms with E-state index in [0.717, 1.165) is 34.1 Å². The van der Waals surface area contributed by atoms with Gasteiger partial charge in [0.15, 0.2) is 0 Å². The highest BCUT2D eigenvalue weighted by Crippen LogP contribution is 2.31. The molecule has 0 heterocycles.